The molecule has 23 heavy (non-hydrogen) atoms. The van der Waals surface area contributed by atoms with E-state index in [9.17, 15) is 4.79 Å². The highest BCUT2D eigenvalue weighted by Gasteiger charge is 2.10. The third-order valence-corrected chi connectivity index (χ3v) is 4.48. The van der Waals surface area contributed by atoms with Gasteiger partial charge in [-0.1, -0.05) is 12.1 Å². The molecule has 4 aromatic rings. The number of carbonyl (C=O) groups is 1. The average Bonchev–Trinajstić information content (AvgIpc) is 3.23. The average molecular weight is 322 g/mol. The Bertz CT molecular complexity index is 949. The molecule has 4 rings (SSSR count). The van der Waals surface area contributed by atoms with Gasteiger partial charge >= 0.3 is 0 Å². The molecule has 0 saturated carbocycles. The number of carbonyl (C=O) groups excluding carboxylic acids is 1. The molecule has 0 bridgehead atoms. The third-order valence-electron chi connectivity index (χ3n) is 3.71. The number of nitrogens with one attached hydrogen (secondary N) is 1. The zero-order valence-corrected chi connectivity index (χ0v) is 13.2. The Balaban J connectivity index is 1.55. The van der Waals surface area contributed by atoms with Crippen molar-refractivity contribution in [3.05, 3.63) is 66.1 Å². The number of hydrogen-bond acceptors (Lipinski definition) is 3. The van der Waals surface area contributed by atoms with Crippen LogP contribution in [0.5, 0.6) is 0 Å². The molecule has 5 nitrogen and oxygen atoms in total. The van der Waals surface area contributed by atoms with Crippen LogP contribution in [0.3, 0.4) is 0 Å². The van der Waals surface area contributed by atoms with Crippen LogP contribution in [-0.2, 0) is 7.05 Å². The molecule has 0 spiro atoms. The number of thiazole rings is 1. The molecule has 114 valence electrons. The Labute approximate surface area is 136 Å². The zero-order chi connectivity index (χ0) is 15.8. The van der Waals surface area contributed by atoms with E-state index in [1.165, 1.54) is 0 Å². The summed E-state index contributed by atoms with van der Waals surface area (Å²) >= 11 is 1.61. The molecule has 0 aliphatic heterocycles. The van der Waals surface area contributed by atoms with Crippen LogP contribution in [0.2, 0.25) is 0 Å². The van der Waals surface area contributed by atoms with Crippen molar-refractivity contribution in [2.75, 3.05) is 5.32 Å². The van der Waals surface area contributed by atoms with E-state index in [0.717, 1.165) is 21.9 Å². The highest BCUT2D eigenvalue weighted by Crippen LogP contribution is 2.23. The smallest absolute Gasteiger partial charge is 0.272 e. The van der Waals surface area contributed by atoms with Gasteiger partial charge < -0.3 is 9.88 Å². The number of benzene rings is 1. The summed E-state index contributed by atoms with van der Waals surface area (Å²) in [5, 5.41) is 4.91. The van der Waals surface area contributed by atoms with E-state index in [1.807, 2.05) is 65.8 Å². The topological polar surface area (TPSA) is 51.3 Å². The van der Waals surface area contributed by atoms with Crippen molar-refractivity contribution in [1.82, 2.24) is 14.0 Å². The van der Waals surface area contributed by atoms with Crippen molar-refractivity contribution < 1.29 is 4.79 Å². The summed E-state index contributed by atoms with van der Waals surface area (Å²) in [7, 11) is 1.85. The number of aromatic nitrogens is 3. The van der Waals surface area contributed by atoms with E-state index in [2.05, 4.69) is 10.3 Å². The van der Waals surface area contributed by atoms with E-state index >= 15 is 0 Å². The number of hydrogen-bond donors (Lipinski definition) is 1. The summed E-state index contributed by atoms with van der Waals surface area (Å²) in [5.74, 6) is -0.118. The maximum Gasteiger partial charge on any atom is 0.272 e. The fourth-order valence-electron chi connectivity index (χ4n) is 2.48. The molecule has 1 aromatic carbocycles. The predicted molar refractivity (Wildman–Crippen MR) is 91.9 cm³/mol. The van der Waals surface area contributed by atoms with Crippen molar-refractivity contribution in [1.29, 1.82) is 0 Å². The predicted octanol–water partition coefficient (Wildman–Crippen LogP) is 3.65. The molecule has 3 aromatic heterocycles. The Morgan fingerprint density at radius 2 is 2.00 bits per heavy atom. The van der Waals surface area contributed by atoms with Gasteiger partial charge in [-0.05, 0) is 24.3 Å². The van der Waals surface area contributed by atoms with E-state index in [1.54, 1.807) is 22.0 Å². The van der Waals surface area contributed by atoms with Crippen molar-refractivity contribution in [3.8, 4) is 11.3 Å². The molecule has 0 saturated heterocycles. The third kappa shape index (κ3) is 2.53. The van der Waals surface area contributed by atoms with Crippen molar-refractivity contribution >= 4 is 27.9 Å². The van der Waals surface area contributed by atoms with Gasteiger partial charge in [0.1, 0.15) is 5.69 Å². The van der Waals surface area contributed by atoms with E-state index in [4.69, 9.17) is 0 Å². The van der Waals surface area contributed by atoms with Gasteiger partial charge in [-0.3, -0.25) is 9.20 Å². The molecule has 0 radical (unpaired) electrons. The summed E-state index contributed by atoms with van der Waals surface area (Å²) in [6, 6.07) is 11.4. The lowest BCUT2D eigenvalue weighted by molar-refractivity contribution is 0.101. The van der Waals surface area contributed by atoms with Gasteiger partial charge in [0, 0.05) is 42.3 Å². The minimum atomic E-state index is -0.118. The molecular weight excluding hydrogens is 308 g/mol. The van der Waals surface area contributed by atoms with Crippen LogP contribution in [0, 0.1) is 0 Å². The number of nitrogens with zero attached hydrogens (tertiary/aromatic N) is 3. The molecule has 0 unspecified atom stereocenters. The number of rotatable bonds is 3. The lowest BCUT2D eigenvalue weighted by atomic mass is 10.1. The first-order valence-corrected chi connectivity index (χ1v) is 8.04. The second kappa shape index (κ2) is 5.40. The quantitative estimate of drug-likeness (QED) is 0.626. The number of amides is 1. The molecule has 1 N–H and O–H groups in total. The Morgan fingerprint density at radius 1 is 1.17 bits per heavy atom. The standard InChI is InChI=1S/C17H14N4OS/c1-20-8-2-3-15(20)16(22)18-13-6-4-12(5-7-13)14-11-21-9-10-23-17(21)19-14/h2-11H,1H3,(H,18,22). The Hall–Kier alpha value is -2.86. The monoisotopic (exact) mass is 322 g/mol. The van der Waals surface area contributed by atoms with Crippen LogP contribution in [0.1, 0.15) is 10.5 Å². The van der Waals surface area contributed by atoms with Gasteiger partial charge in [0.05, 0.1) is 5.69 Å². The molecule has 0 fully saturated rings. The normalized spacial score (nSPS) is 11.0. The fourth-order valence-corrected chi connectivity index (χ4v) is 3.18. The number of aryl methyl sites for hydroxylation is 1. The molecule has 3 heterocycles. The Kier molecular flexibility index (Phi) is 3.24. The van der Waals surface area contributed by atoms with Crippen LogP contribution in [0.15, 0.2) is 60.4 Å². The molecule has 0 aliphatic carbocycles. The first-order chi connectivity index (χ1) is 11.2. The summed E-state index contributed by atoms with van der Waals surface area (Å²) in [5.41, 5.74) is 3.35. The molecular formula is C17H14N4OS. The van der Waals surface area contributed by atoms with Crippen molar-refractivity contribution in [2.24, 2.45) is 7.05 Å². The lowest BCUT2D eigenvalue weighted by Crippen LogP contribution is -2.15. The van der Waals surface area contributed by atoms with Gasteiger partial charge in [0.25, 0.3) is 5.91 Å². The van der Waals surface area contributed by atoms with Crippen molar-refractivity contribution in [3.63, 3.8) is 0 Å². The van der Waals surface area contributed by atoms with Gasteiger partial charge in [0.2, 0.25) is 0 Å². The highest BCUT2D eigenvalue weighted by molar-refractivity contribution is 7.15. The molecule has 0 aliphatic rings. The SMILES string of the molecule is Cn1cccc1C(=O)Nc1ccc(-c2cn3ccsc3n2)cc1. The number of anilines is 1. The summed E-state index contributed by atoms with van der Waals surface area (Å²) in [4.78, 5) is 17.7. The summed E-state index contributed by atoms with van der Waals surface area (Å²) in [6.45, 7) is 0. The number of fused-ring (bicyclic) bond motifs is 1. The lowest BCUT2D eigenvalue weighted by Gasteiger charge is -2.06. The van der Waals surface area contributed by atoms with Gasteiger partial charge in [0.15, 0.2) is 4.96 Å². The number of imidazole rings is 1. The fraction of sp³-hybridized carbons (Fsp3) is 0.0588. The van der Waals surface area contributed by atoms with E-state index in [-0.39, 0.29) is 5.91 Å². The van der Waals surface area contributed by atoms with E-state index < -0.39 is 0 Å². The largest absolute Gasteiger partial charge is 0.347 e. The second-order valence-corrected chi connectivity index (χ2v) is 6.13. The van der Waals surface area contributed by atoms with Crippen LogP contribution in [-0.4, -0.2) is 19.9 Å². The van der Waals surface area contributed by atoms with Crippen molar-refractivity contribution in [2.45, 2.75) is 0 Å². The van der Waals surface area contributed by atoms with Crippen LogP contribution in [0.25, 0.3) is 16.2 Å². The molecule has 0 atom stereocenters. The van der Waals surface area contributed by atoms with Crippen LogP contribution < -0.4 is 5.32 Å². The summed E-state index contributed by atoms with van der Waals surface area (Å²) < 4.78 is 3.80. The summed E-state index contributed by atoms with van der Waals surface area (Å²) in [6.07, 6.45) is 5.84. The minimum absolute atomic E-state index is 0.118. The first-order valence-electron chi connectivity index (χ1n) is 7.16. The van der Waals surface area contributed by atoms with Gasteiger partial charge in [-0.15, -0.1) is 11.3 Å². The second-order valence-electron chi connectivity index (χ2n) is 5.25. The maximum atomic E-state index is 12.2. The molecule has 1 amide bonds. The van der Waals surface area contributed by atoms with Gasteiger partial charge in [-0.25, -0.2) is 4.98 Å². The minimum Gasteiger partial charge on any atom is -0.347 e. The van der Waals surface area contributed by atoms with Crippen LogP contribution >= 0.6 is 11.3 Å². The highest BCUT2D eigenvalue weighted by atomic mass is 32.1. The Morgan fingerprint density at radius 3 is 2.70 bits per heavy atom. The maximum absolute atomic E-state index is 12.2. The first kappa shape index (κ1) is 13.8. The van der Waals surface area contributed by atoms with Crippen LogP contribution in [0.4, 0.5) is 5.69 Å². The molecule has 6 heteroatoms. The van der Waals surface area contributed by atoms with E-state index in [0.29, 0.717) is 5.69 Å². The zero-order valence-electron chi connectivity index (χ0n) is 12.4. The van der Waals surface area contributed by atoms with Gasteiger partial charge in [-0.2, -0.15) is 0 Å².